The van der Waals surface area contributed by atoms with Gasteiger partial charge >= 0.3 is 5.63 Å². The second kappa shape index (κ2) is 3.87. The van der Waals surface area contributed by atoms with Crippen molar-refractivity contribution in [2.24, 2.45) is 0 Å². The second-order valence-corrected chi connectivity index (χ2v) is 2.73. The first kappa shape index (κ1) is 10.2. The van der Waals surface area contributed by atoms with Crippen molar-refractivity contribution in [2.75, 3.05) is 0 Å². The molecule has 1 aromatic rings. The van der Waals surface area contributed by atoms with Gasteiger partial charge in [0.2, 0.25) is 0 Å². The minimum absolute atomic E-state index is 0.0329. The van der Waals surface area contributed by atoms with Gasteiger partial charge in [-0.25, -0.2) is 4.79 Å². The summed E-state index contributed by atoms with van der Waals surface area (Å²) in [7, 11) is 0. The molecule has 72 valence electrons. The van der Waals surface area contributed by atoms with E-state index in [0.717, 1.165) is 0 Å². The summed E-state index contributed by atoms with van der Waals surface area (Å²) in [6.07, 6.45) is 2.91. The van der Waals surface area contributed by atoms with Crippen LogP contribution in [0.3, 0.4) is 0 Å². The van der Waals surface area contributed by atoms with Crippen molar-refractivity contribution in [1.82, 2.24) is 0 Å². The maximum absolute atomic E-state index is 11.2. The minimum atomic E-state index is -0.641. The fraction of sp³-hybridized carbons (Fsp3) is 0.0909. The summed E-state index contributed by atoms with van der Waals surface area (Å²) in [6.45, 7) is 8.35. The standard InChI is InChI=1S/C11H10O3/c1-4-8-6-9(7(3)12)11(13)14-10(8)5-2/h4-6H,1-2H2,3H3. The van der Waals surface area contributed by atoms with Crippen LogP contribution in [0, 0.1) is 0 Å². The van der Waals surface area contributed by atoms with Crippen LogP contribution in [0.15, 0.2) is 28.4 Å². The van der Waals surface area contributed by atoms with Crippen molar-refractivity contribution in [3.05, 3.63) is 46.5 Å². The molecule has 14 heavy (non-hydrogen) atoms. The summed E-state index contributed by atoms with van der Waals surface area (Å²) in [5.41, 5.74) is -0.0201. The third-order valence-corrected chi connectivity index (χ3v) is 1.79. The highest BCUT2D eigenvalue weighted by molar-refractivity contribution is 5.94. The molecule has 0 aliphatic heterocycles. The van der Waals surface area contributed by atoms with Gasteiger partial charge in [-0.15, -0.1) is 0 Å². The Hall–Kier alpha value is -1.90. The van der Waals surface area contributed by atoms with E-state index in [1.165, 1.54) is 25.1 Å². The number of carbonyl (C=O) groups is 1. The molecule has 0 N–H and O–H groups in total. The largest absolute Gasteiger partial charge is 0.422 e. The van der Waals surface area contributed by atoms with E-state index in [9.17, 15) is 9.59 Å². The Morgan fingerprint density at radius 2 is 2.07 bits per heavy atom. The summed E-state index contributed by atoms with van der Waals surface area (Å²) in [4.78, 5) is 22.3. The van der Waals surface area contributed by atoms with Crippen molar-refractivity contribution in [3.63, 3.8) is 0 Å². The summed E-state index contributed by atoms with van der Waals surface area (Å²) in [6, 6.07) is 1.46. The summed E-state index contributed by atoms with van der Waals surface area (Å²) in [5.74, 6) is 0.00691. The number of hydrogen-bond acceptors (Lipinski definition) is 3. The molecular formula is C11H10O3. The first-order valence-corrected chi connectivity index (χ1v) is 4.04. The smallest absolute Gasteiger partial charge is 0.347 e. The molecule has 3 nitrogen and oxygen atoms in total. The van der Waals surface area contributed by atoms with Crippen LogP contribution in [0.1, 0.15) is 28.6 Å². The maximum atomic E-state index is 11.2. The summed E-state index contributed by atoms with van der Waals surface area (Å²) >= 11 is 0. The Labute approximate surface area is 81.4 Å². The van der Waals surface area contributed by atoms with E-state index in [1.54, 1.807) is 0 Å². The zero-order chi connectivity index (χ0) is 10.7. The Morgan fingerprint density at radius 1 is 1.43 bits per heavy atom. The highest BCUT2D eigenvalue weighted by Crippen LogP contribution is 2.11. The normalized spacial score (nSPS) is 9.50. The zero-order valence-electron chi connectivity index (χ0n) is 7.87. The van der Waals surface area contributed by atoms with E-state index in [1.807, 2.05) is 0 Å². The first-order chi connectivity index (χ1) is 6.60. The van der Waals surface area contributed by atoms with Gasteiger partial charge in [0.15, 0.2) is 5.78 Å². The van der Waals surface area contributed by atoms with Crippen molar-refractivity contribution in [2.45, 2.75) is 6.92 Å². The van der Waals surface area contributed by atoms with Crippen LogP contribution >= 0.6 is 0 Å². The monoisotopic (exact) mass is 190 g/mol. The van der Waals surface area contributed by atoms with Gasteiger partial charge < -0.3 is 4.42 Å². The van der Waals surface area contributed by atoms with Crippen molar-refractivity contribution >= 4 is 17.9 Å². The van der Waals surface area contributed by atoms with Gasteiger partial charge in [0, 0.05) is 5.56 Å². The van der Waals surface area contributed by atoms with Crippen molar-refractivity contribution in [1.29, 1.82) is 0 Å². The van der Waals surface area contributed by atoms with Crippen LogP contribution in [-0.2, 0) is 0 Å². The fourth-order valence-electron chi connectivity index (χ4n) is 1.06. The SMILES string of the molecule is C=Cc1cc(C(C)=O)c(=O)oc1C=C. The molecule has 1 aromatic heterocycles. The van der Waals surface area contributed by atoms with Crippen molar-refractivity contribution < 1.29 is 9.21 Å². The van der Waals surface area contributed by atoms with Gasteiger partial charge in [-0.2, -0.15) is 0 Å². The van der Waals surface area contributed by atoms with E-state index in [-0.39, 0.29) is 11.3 Å². The number of carbonyl (C=O) groups excluding carboxylic acids is 1. The van der Waals surface area contributed by atoms with Crippen LogP contribution in [0.4, 0.5) is 0 Å². The number of rotatable bonds is 3. The molecule has 0 aromatic carbocycles. The molecular weight excluding hydrogens is 180 g/mol. The van der Waals surface area contributed by atoms with E-state index < -0.39 is 5.63 Å². The second-order valence-electron chi connectivity index (χ2n) is 2.73. The predicted octanol–water partition coefficient (Wildman–Crippen LogP) is 2.13. The lowest BCUT2D eigenvalue weighted by molar-refractivity contribution is 0.101. The Bertz CT molecular complexity index is 452. The Balaban J connectivity index is 3.53. The lowest BCUT2D eigenvalue weighted by Crippen LogP contribution is -2.12. The van der Waals surface area contributed by atoms with Crippen LogP contribution in [0.25, 0.3) is 12.2 Å². The molecule has 0 aliphatic rings. The number of Topliss-reactive ketones (excluding diaryl/α,β-unsaturated/α-hetero) is 1. The highest BCUT2D eigenvalue weighted by Gasteiger charge is 2.10. The molecule has 0 saturated heterocycles. The quantitative estimate of drug-likeness (QED) is 0.686. The maximum Gasteiger partial charge on any atom is 0.347 e. The van der Waals surface area contributed by atoms with Crippen LogP contribution in [-0.4, -0.2) is 5.78 Å². The molecule has 1 rings (SSSR count). The van der Waals surface area contributed by atoms with Crippen molar-refractivity contribution in [3.8, 4) is 0 Å². The van der Waals surface area contributed by atoms with E-state index in [4.69, 9.17) is 4.42 Å². The molecule has 0 saturated carbocycles. The average Bonchev–Trinajstić information content (AvgIpc) is 2.16. The van der Waals surface area contributed by atoms with Gasteiger partial charge in [-0.1, -0.05) is 19.2 Å². The minimum Gasteiger partial charge on any atom is -0.422 e. The van der Waals surface area contributed by atoms with E-state index >= 15 is 0 Å². The molecule has 0 fully saturated rings. The third kappa shape index (κ3) is 1.71. The van der Waals surface area contributed by atoms with E-state index in [2.05, 4.69) is 13.2 Å². The molecule has 0 bridgehead atoms. The Morgan fingerprint density at radius 3 is 2.50 bits per heavy atom. The van der Waals surface area contributed by atoms with Crippen LogP contribution in [0.5, 0.6) is 0 Å². The average molecular weight is 190 g/mol. The number of ketones is 1. The summed E-state index contributed by atoms with van der Waals surface area (Å²) < 4.78 is 4.88. The molecule has 0 radical (unpaired) electrons. The summed E-state index contributed by atoms with van der Waals surface area (Å²) in [5, 5.41) is 0. The van der Waals surface area contributed by atoms with Gasteiger partial charge in [-0.3, -0.25) is 4.79 Å². The van der Waals surface area contributed by atoms with Crippen LogP contribution in [0.2, 0.25) is 0 Å². The lowest BCUT2D eigenvalue weighted by atomic mass is 10.1. The molecule has 1 heterocycles. The molecule has 0 atom stereocenters. The van der Waals surface area contributed by atoms with E-state index in [0.29, 0.717) is 11.3 Å². The van der Waals surface area contributed by atoms with Crippen LogP contribution < -0.4 is 5.63 Å². The topological polar surface area (TPSA) is 47.3 Å². The van der Waals surface area contributed by atoms with Gasteiger partial charge in [0.05, 0.1) is 0 Å². The molecule has 0 spiro atoms. The molecule has 0 aliphatic carbocycles. The van der Waals surface area contributed by atoms with Gasteiger partial charge in [0.25, 0.3) is 0 Å². The third-order valence-electron chi connectivity index (χ3n) is 1.79. The zero-order valence-corrected chi connectivity index (χ0v) is 7.87. The molecule has 3 heteroatoms. The fourth-order valence-corrected chi connectivity index (χ4v) is 1.06. The lowest BCUT2D eigenvalue weighted by Gasteiger charge is -2.00. The molecule has 0 amide bonds. The number of hydrogen-bond donors (Lipinski definition) is 0. The predicted molar refractivity (Wildman–Crippen MR) is 55.2 cm³/mol. The van der Waals surface area contributed by atoms with Gasteiger partial charge in [-0.05, 0) is 19.1 Å². The Kier molecular flexibility index (Phi) is 2.82. The van der Waals surface area contributed by atoms with Gasteiger partial charge in [0.1, 0.15) is 11.3 Å². The molecule has 0 unspecified atom stereocenters. The highest BCUT2D eigenvalue weighted by atomic mass is 16.4. The first-order valence-electron chi connectivity index (χ1n) is 4.04.